The molecule has 0 heterocycles. The van der Waals surface area contributed by atoms with Crippen LogP contribution in [0.2, 0.25) is 0 Å². The molecule has 0 saturated heterocycles. The molecule has 0 aliphatic carbocycles. The van der Waals surface area contributed by atoms with E-state index in [0.717, 1.165) is 16.3 Å². The normalized spacial score (nSPS) is 13.2. The highest BCUT2D eigenvalue weighted by Gasteiger charge is 2.23. The molecule has 1 aromatic carbocycles. The first-order valence-electron chi connectivity index (χ1n) is 6.59. The Morgan fingerprint density at radius 3 is 2.35 bits per heavy atom. The van der Waals surface area contributed by atoms with Crippen LogP contribution in [0.15, 0.2) is 29.2 Å². The molecule has 0 saturated carbocycles. The molecule has 6 heteroatoms. The summed E-state index contributed by atoms with van der Waals surface area (Å²) in [5, 5.41) is 2.75. The third kappa shape index (κ3) is 4.31. The van der Waals surface area contributed by atoms with E-state index in [1.54, 1.807) is 24.3 Å². The standard InChI is InChI=1S/C14H22N2O3S/c1-5-12(3)15-14(17)10-16(4)20(18,19)13-8-6-11(2)7-9-13/h6-9,12H,5,10H2,1-4H3,(H,15,17)/t12-/m0/s1. The molecule has 0 aromatic heterocycles. The van der Waals surface area contributed by atoms with Crippen molar-refractivity contribution >= 4 is 15.9 Å². The van der Waals surface area contributed by atoms with Gasteiger partial charge in [-0.2, -0.15) is 4.31 Å². The maximum Gasteiger partial charge on any atom is 0.243 e. The fraction of sp³-hybridized carbons (Fsp3) is 0.500. The van der Waals surface area contributed by atoms with E-state index in [2.05, 4.69) is 5.32 Å². The molecular formula is C14H22N2O3S. The van der Waals surface area contributed by atoms with E-state index in [1.807, 2.05) is 20.8 Å². The largest absolute Gasteiger partial charge is 0.353 e. The van der Waals surface area contributed by atoms with Gasteiger partial charge in [-0.1, -0.05) is 24.6 Å². The van der Waals surface area contributed by atoms with Crippen molar-refractivity contribution in [1.82, 2.24) is 9.62 Å². The Morgan fingerprint density at radius 2 is 1.85 bits per heavy atom. The van der Waals surface area contributed by atoms with Crippen molar-refractivity contribution in [2.24, 2.45) is 0 Å². The van der Waals surface area contributed by atoms with E-state index in [4.69, 9.17) is 0 Å². The van der Waals surface area contributed by atoms with Crippen LogP contribution in [-0.2, 0) is 14.8 Å². The summed E-state index contributed by atoms with van der Waals surface area (Å²) in [5.41, 5.74) is 0.987. The molecule has 0 spiro atoms. The Bertz CT molecular complexity index is 552. The Balaban J connectivity index is 2.77. The van der Waals surface area contributed by atoms with Crippen molar-refractivity contribution in [3.63, 3.8) is 0 Å². The van der Waals surface area contributed by atoms with Crippen molar-refractivity contribution in [2.75, 3.05) is 13.6 Å². The van der Waals surface area contributed by atoms with Crippen molar-refractivity contribution in [1.29, 1.82) is 0 Å². The van der Waals surface area contributed by atoms with Crippen molar-refractivity contribution in [3.8, 4) is 0 Å². The molecule has 5 nitrogen and oxygen atoms in total. The molecule has 0 fully saturated rings. The van der Waals surface area contributed by atoms with Gasteiger partial charge in [0.1, 0.15) is 0 Å². The zero-order valence-electron chi connectivity index (χ0n) is 12.4. The van der Waals surface area contributed by atoms with E-state index in [1.165, 1.54) is 7.05 Å². The number of sulfonamides is 1. The lowest BCUT2D eigenvalue weighted by atomic mass is 10.2. The SMILES string of the molecule is CC[C@H](C)NC(=O)CN(C)S(=O)(=O)c1ccc(C)cc1. The molecule has 0 aliphatic rings. The predicted molar refractivity (Wildman–Crippen MR) is 78.9 cm³/mol. The molecule has 0 aliphatic heterocycles. The lowest BCUT2D eigenvalue weighted by Crippen LogP contribution is -2.41. The summed E-state index contributed by atoms with van der Waals surface area (Å²) in [6.07, 6.45) is 0.806. The predicted octanol–water partition coefficient (Wildman–Crippen LogP) is 1.53. The summed E-state index contributed by atoms with van der Waals surface area (Å²) in [6.45, 7) is 5.55. The third-order valence-corrected chi connectivity index (χ3v) is 4.93. The highest BCUT2D eigenvalue weighted by atomic mass is 32.2. The molecule has 1 amide bonds. The minimum atomic E-state index is -3.62. The zero-order chi connectivity index (χ0) is 15.3. The smallest absolute Gasteiger partial charge is 0.243 e. The highest BCUT2D eigenvalue weighted by molar-refractivity contribution is 7.89. The number of carbonyl (C=O) groups excluding carboxylic acids is 1. The van der Waals surface area contributed by atoms with Gasteiger partial charge in [0, 0.05) is 13.1 Å². The second-order valence-corrected chi connectivity index (χ2v) is 7.00. The maximum atomic E-state index is 12.3. The number of amides is 1. The van der Waals surface area contributed by atoms with Gasteiger partial charge in [0.15, 0.2) is 0 Å². The molecule has 1 aromatic rings. The fourth-order valence-corrected chi connectivity index (χ4v) is 2.73. The minimum absolute atomic E-state index is 0.0398. The van der Waals surface area contributed by atoms with Crippen LogP contribution in [0.5, 0.6) is 0 Å². The molecule has 112 valence electrons. The first-order chi connectivity index (χ1) is 9.27. The number of rotatable bonds is 6. The molecule has 1 N–H and O–H groups in total. The minimum Gasteiger partial charge on any atom is -0.353 e. The van der Waals surface area contributed by atoms with Crippen LogP contribution >= 0.6 is 0 Å². The van der Waals surface area contributed by atoms with E-state index in [0.29, 0.717) is 0 Å². The lowest BCUT2D eigenvalue weighted by molar-refractivity contribution is -0.121. The third-order valence-electron chi connectivity index (χ3n) is 3.12. The quantitative estimate of drug-likeness (QED) is 0.866. The first kappa shape index (κ1) is 16.7. The molecule has 20 heavy (non-hydrogen) atoms. The van der Waals surface area contributed by atoms with Crippen LogP contribution in [0.4, 0.5) is 0 Å². The Kier molecular flexibility index (Phi) is 5.71. The van der Waals surface area contributed by atoms with E-state index in [-0.39, 0.29) is 23.4 Å². The Hall–Kier alpha value is -1.40. The van der Waals surface area contributed by atoms with Gasteiger partial charge in [-0.15, -0.1) is 0 Å². The lowest BCUT2D eigenvalue weighted by Gasteiger charge is -2.18. The number of benzene rings is 1. The summed E-state index contributed by atoms with van der Waals surface area (Å²) in [4.78, 5) is 11.9. The van der Waals surface area contributed by atoms with Crippen LogP contribution in [0.25, 0.3) is 0 Å². The molecule has 0 unspecified atom stereocenters. The maximum absolute atomic E-state index is 12.3. The van der Waals surface area contributed by atoms with Gasteiger partial charge in [0.25, 0.3) is 0 Å². The highest BCUT2D eigenvalue weighted by Crippen LogP contribution is 2.14. The molecule has 0 radical (unpaired) electrons. The number of aryl methyl sites for hydroxylation is 1. The number of likely N-dealkylation sites (N-methyl/N-ethyl adjacent to an activating group) is 1. The fourth-order valence-electron chi connectivity index (χ4n) is 1.60. The van der Waals surface area contributed by atoms with Gasteiger partial charge in [0.2, 0.25) is 15.9 Å². The summed E-state index contributed by atoms with van der Waals surface area (Å²) in [7, 11) is -2.21. The number of nitrogens with zero attached hydrogens (tertiary/aromatic N) is 1. The summed E-state index contributed by atoms with van der Waals surface area (Å²) < 4.78 is 25.6. The van der Waals surface area contributed by atoms with Crippen LogP contribution in [-0.4, -0.2) is 38.3 Å². The Labute approximate surface area is 121 Å². The van der Waals surface area contributed by atoms with E-state index < -0.39 is 10.0 Å². The van der Waals surface area contributed by atoms with Crippen molar-refractivity contribution in [3.05, 3.63) is 29.8 Å². The van der Waals surface area contributed by atoms with Crippen LogP contribution < -0.4 is 5.32 Å². The van der Waals surface area contributed by atoms with Crippen molar-refractivity contribution in [2.45, 2.75) is 38.1 Å². The van der Waals surface area contributed by atoms with Gasteiger partial charge in [-0.25, -0.2) is 8.42 Å². The Morgan fingerprint density at radius 1 is 1.30 bits per heavy atom. The second-order valence-electron chi connectivity index (χ2n) is 4.95. The number of hydrogen-bond donors (Lipinski definition) is 1. The van der Waals surface area contributed by atoms with E-state index >= 15 is 0 Å². The molecule has 0 bridgehead atoms. The van der Waals surface area contributed by atoms with Crippen LogP contribution in [0.1, 0.15) is 25.8 Å². The summed E-state index contributed by atoms with van der Waals surface area (Å²) in [6, 6.07) is 6.61. The topological polar surface area (TPSA) is 66.5 Å². The number of nitrogens with one attached hydrogen (secondary N) is 1. The van der Waals surface area contributed by atoms with Crippen LogP contribution in [0, 0.1) is 6.92 Å². The zero-order valence-corrected chi connectivity index (χ0v) is 13.2. The van der Waals surface area contributed by atoms with Crippen LogP contribution in [0.3, 0.4) is 0 Å². The summed E-state index contributed by atoms with van der Waals surface area (Å²) in [5.74, 6) is -0.294. The molecular weight excluding hydrogens is 276 g/mol. The van der Waals surface area contributed by atoms with Gasteiger partial charge >= 0.3 is 0 Å². The average molecular weight is 298 g/mol. The number of hydrogen-bond acceptors (Lipinski definition) is 3. The van der Waals surface area contributed by atoms with Gasteiger partial charge in [-0.3, -0.25) is 4.79 Å². The van der Waals surface area contributed by atoms with Gasteiger partial charge in [0.05, 0.1) is 11.4 Å². The molecule has 1 atom stereocenters. The molecule has 1 rings (SSSR count). The first-order valence-corrected chi connectivity index (χ1v) is 8.03. The van der Waals surface area contributed by atoms with Gasteiger partial charge in [-0.05, 0) is 32.4 Å². The average Bonchev–Trinajstić information content (AvgIpc) is 2.38. The van der Waals surface area contributed by atoms with Crippen molar-refractivity contribution < 1.29 is 13.2 Å². The summed E-state index contributed by atoms with van der Waals surface area (Å²) >= 11 is 0. The number of carbonyl (C=O) groups is 1. The monoisotopic (exact) mass is 298 g/mol. The van der Waals surface area contributed by atoms with Gasteiger partial charge < -0.3 is 5.32 Å². The van der Waals surface area contributed by atoms with E-state index in [9.17, 15) is 13.2 Å². The second kappa shape index (κ2) is 6.85.